The highest BCUT2D eigenvalue weighted by Gasteiger charge is 2.04. The zero-order valence-electron chi connectivity index (χ0n) is 14.3. The molecule has 2 aromatic rings. The third-order valence-electron chi connectivity index (χ3n) is 3.52. The fourth-order valence-corrected chi connectivity index (χ4v) is 2.29. The summed E-state index contributed by atoms with van der Waals surface area (Å²) >= 11 is 0. The lowest BCUT2D eigenvalue weighted by atomic mass is 10.1. The van der Waals surface area contributed by atoms with E-state index in [-0.39, 0.29) is 24.0 Å². The highest BCUT2D eigenvalue weighted by atomic mass is 127. The van der Waals surface area contributed by atoms with Crippen LogP contribution in [0.5, 0.6) is 0 Å². The van der Waals surface area contributed by atoms with Crippen LogP contribution in [0.1, 0.15) is 24.5 Å². The second-order valence-corrected chi connectivity index (χ2v) is 5.18. The average Bonchev–Trinajstić information content (AvgIpc) is 3.08. The van der Waals surface area contributed by atoms with E-state index in [2.05, 4.69) is 57.1 Å². The molecule has 0 bridgehead atoms. The molecule has 24 heavy (non-hydrogen) atoms. The lowest BCUT2D eigenvalue weighted by Crippen LogP contribution is -2.37. The van der Waals surface area contributed by atoms with Crippen LogP contribution in [-0.2, 0) is 13.1 Å². The maximum absolute atomic E-state index is 4.28. The molecule has 1 heterocycles. The summed E-state index contributed by atoms with van der Waals surface area (Å²) in [5.74, 6) is 0.823. The van der Waals surface area contributed by atoms with E-state index >= 15 is 0 Å². The van der Waals surface area contributed by atoms with Crippen LogP contribution in [0, 0.1) is 0 Å². The number of aliphatic imine (C=N–C) groups is 1. The van der Waals surface area contributed by atoms with Crippen molar-refractivity contribution < 1.29 is 0 Å². The van der Waals surface area contributed by atoms with Crippen molar-refractivity contribution in [3.63, 3.8) is 0 Å². The van der Waals surface area contributed by atoms with Gasteiger partial charge in [0.25, 0.3) is 0 Å². The minimum absolute atomic E-state index is 0. The Morgan fingerprint density at radius 3 is 2.67 bits per heavy atom. The number of guanidine groups is 1. The van der Waals surface area contributed by atoms with E-state index in [0.29, 0.717) is 0 Å². The topological polar surface area (TPSA) is 54.2 Å². The maximum atomic E-state index is 4.28. The predicted octanol–water partition coefficient (Wildman–Crippen LogP) is 3.18. The van der Waals surface area contributed by atoms with Crippen LogP contribution in [-0.4, -0.2) is 29.3 Å². The van der Waals surface area contributed by atoms with Gasteiger partial charge in [-0.3, -0.25) is 9.67 Å². The molecule has 0 spiro atoms. The number of allylic oxidation sites excluding steroid dienone is 1. The second-order valence-electron chi connectivity index (χ2n) is 5.18. The van der Waals surface area contributed by atoms with Crippen molar-refractivity contribution in [2.45, 2.75) is 26.4 Å². The molecule has 1 aromatic carbocycles. The zero-order chi connectivity index (χ0) is 16.3. The highest BCUT2D eigenvalue weighted by molar-refractivity contribution is 14.0. The molecule has 0 saturated heterocycles. The van der Waals surface area contributed by atoms with E-state index in [1.165, 1.54) is 11.1 Å². The van der Waals surface area contributed by atoms with Crippen molar-refractivity contribution >= 4 is 29.9 Å². The molecular formula is C18H26IN5. The molecule has 0 unspecified atom stereocenters. The number of halogens is 1. The highest BCUT2D eigenvalue weighted by Crippen LogP contribution is 2.10. The molecule has 0 radical (unpaired) electrons. The Morgan fingerprint density at radius 2 is 2.00 bits per heavy atom. The fourth-order valence-electron chi connectivity index (χ4n) is 2.29. The van der Waals surface area contributed by atoms with Crippen molar-refractivity contribution in [3.8, 4) is 0 Å². The Balaban J connectivity index is 0.00000288. The van der Waals surface area contributed by atoms with Gasteiger partial charge in [0.1, 0.15) is 0 Å². The van der Waals surface area contributed by atoms with E-state index in [1.54, 1.807) is 13.2 Å². The molecular weight excluding hydrogens is 413 g/mol. The van der Waals surface area contributed by atoms with E-state index < -0.39 is 0 Å². The molecule has 0 saturated carbocycles. The molecule has 1 aromatic heterocycles. The summed E-state index contributed by atoms with van der Waals surface area (Å²) in [6, 6.07) is 10.3. The first-order valence-corrected chi connectivity index (χ1v) is 7.93. The molecule has 0 aliphatic heterocycles. The normalized spacial score (nSPS) is 11.3. The quantitative estimate of drug-likeness (QED) is 0.229. The summed E-state index contributed by atoms with van der Waals surface area (Å²) in [7, 11) is 1.79. The lowest BCUT2D eigenvalue weighted by molar-refractivity contribution is 0.677. The minimum Gasteiger partial charge on any atom is -0.356 e. The first-order chi connectivity index (χ1) is 11.3. The van der Waals surface area contributed by atoms with E-state index in [9.17, 15) is 0 Å². The van der Waals surface area contributed by atoms with Crippen molar-refractivity contribution in [2.75, 3.05) is 13.6 Å². The second kappa shape index (κ2) is 11.7. The van der Waals surface area contributed by atoms with Crippen LogP contribution in [0.15, 0.2) is 59.9 Å². The van der Waals surface area contributed by atoms with Gasteiger partial charge in [-0.15, -0.1) is 24.0 Å². The SMILES string of the molecule is CC=CCCNC(=NC)NCc1ccccc1Cn1cccn1.I. The molecule has 0 fully saturated rings. The third-order valence-corrected chi connectivity index (χ3v) is 3.52. The van der Waals surface area contributed by atoms with E-state index in [1.807, 2.05) is 23.9 Å². The van der Waals surface area contributed by atoms with Gasteiger partial charge in [0.05, 0.1) is 6.54 Å². The Morgan fingerprint density at radius 1 is 1.21 bits per heavy atom. The van der Waals surface area contributed by atoms with Gasteiger partial charge >= 0.3 is 0 Å². The van der Waals surface area contributed by atoms with Gasteiger partial charge < -0.3 is 10.6 Å². The predicted molar refractivity (Wildman–Crippen MR) is 111 cm³/mol. The lowest BCUT2D eigenvalue weighted by Gasteiger charge is -2.14. The number of hydrogen-bond donors (Lipinski definition) is 2. The standard InChI is InChI=1S/C18H25N5.HI/c1-3-4-7-11-20-18(19-2)21-14-16-9-5-6-10-17(16)15-23-13-8-12-22-23;/h3-6,8-10,12-13H,7,11,14-15H2,1-2H3,(H2,19,20,21);1H. The smallest absolute Gasteiger partial charge is 0.191 e. The maximum Gasteiger partial charge on any atom is 0.191 e. The van der Waals surface area contributed by atoms with Crippen LogP contribution >= 0.6 is 24.0 Å². The summed E-state index contributed by atoms with van der Waals surface area (Å²) in [6.07, 6.45) is 8.97. The van der Waals surface area contributed by atoms with Gasteiger partial charge in [-0.2, -0.15) is 5.10 Å². The van der Waals surface area contributed by atoms with Gasteiger partial charge in [0.2, 0.25) is 0 Å². The summed E-state index contributed by atoms with van der Waals surface area (Å²) in [6.45, 7) is 4.42. The number of nitrogens with one attached hydrogen (secondary N) is 2. The Bertz CT molecular complexity index is 635. The summed E-state index contributed by atoms with van der Waals surface area (Å²) in [4.78, 5) is 4.26. The summed E-state index contributed by atoms with van der Waals surface area (Å²) in [5, 5.41) is 11.0. The number of rotatable bonds is 7. The van der Waals surface area contributed by atoms with Crippen molar-refractivity contribution in [1.29, 1.82) is 0 Å². The van der Waals surface area contributed by atoms with Crippen LogP contribution in [0.2, 0.25) is 0 Å². The van der Waals surface area contributed by atoms with Gasteiger partial charge in [-0.25, -0.2) is 0 Å². The Hall–Kier alpha value is -1.83. The van der Waals surface area contributed by atoms with Crippen molar-refractivity contribution in [1.82, 2.24) is 20.4 Å². The molecule has 2 rings (SSSR count). The molecule has 0 atom stereocenters. The van der Waals surface area contributed by atoms with E-state index in [0.717, 1.165) is 32.0 Å². The van der Waals surface area contributed by atoms with Crippen molar-refractivity contribution in [2.24, 2.45) is 4.99 Å². The molecule has 0 amide bonds. The van der Waals surface area contributed by atoms with Gasteiger partial charge in [-0.05, 0) is 30.5 Å². The fraction of sp³-hybridized carbons (Fsp3) is 0.333. The largest absolute Gasteiger partial charge is 0.356 e. The molecule has 0 aliphatic carbocycles. The van der Waals surface area contributed by atoms with Crippen LogP contribution in [0.4, 0.5) is 0 Å². The summed E-state index contributed by atoms with van der Waals surface area (Å²) in [5.41, 5.74) is 2.51. The minimum atomic E-state index is 0. The van der Waals surface area contributed by atoms with Crippen LogP contribution in [0.3, 0.4) is 0 Å². The molecule has 2 N–H and O–H groups in total. The Kier molecular flexibility index (Phi) is 9.83. The number of benzene rings is 1. The first-order valence-electron chi connectivity index (χ1n) is 7.93. The number of hydrogen-bond acceptors (Lipinski definition) is 2. The van der Waals surface area contributed by atoms with E-state index in [4.69, 9.17) is 0 Å². The third kappa shape index (κ3) is 6.74. The van der Waals surface area contributed by atoms with Gasteiger partial charge in [0.15, 0.2) is 5.96 Å². The number of aromatic nitrogens is 2. The molecule has 130 valence electrons. The monoisotopic (exact) mass is 439 g/mol. The van der Waals surface area contributed by atoms with Gasteiger partial charge in [0, 0.05) is 32.5 Å². The van der Waals surface area contributed by atoms with Gasteiger partial charge in [-0.1, -0.05) is 36.4 Å². The zero-order valence-corrected chi connectivity index (χ0v) is 16.6. The van der Waals surface area contributed by atoms with Crippen molar-refractivity contribution in [3.05, 3.63) is 66.0 Å². The van der Waals surface area contributed by atoms with Crippen LogP contribution < -0.4 is 10.6 Å². The molecule has 5 nitrogen and oxygen atoms in total. The Labute approximate surface area is 161 Å². The molecule has 6 heteroatoms. The number of nitrogens with zero attached hydrogens (tertiary/aromatic N) is 3. The average molecular weight is 439 g/mol. The first kappa shape index (κ1) is 20.2. The van der Waals surface area contributed by atoms with Crippen LogP contribution in [0.25, 0.3) is 0 Å². The molecule has 0 aliphatic rings. The summed E-state index contributed by atoms with van der Waals surface area (Å²) < 4.78 is 1.93.